The molecule has 0 aromatic heterocycles. The van der Waals surface area contributed by atoms with Crippen LogP contribution in [-0.4, -0.2) is 29.4 Å². The second-order valence-corrected chi connectivity index (χ2v) is 3.94. The molecule has 0 N–H and O–H groups in total. The third-order valence-corrected chi connectivity index (χ3v) is 2.76. The molecule has 1 fully saturated rings. The number of morpholine rings is 1. The third-order valence-electron chi connectivity index (χ3n) is 2.76. The van der Waals surface area contributed by atoms with Crippen LogP contribution in [0.15, 0.2) is 12.3 Å². The summed E-state index contributed by atoms with van der Waals surface area (Å²) in [6.07, 6.45) is 0.829. The third kappa shape index (κ3) is 2.37. The fraction of sp³-hybridized carbons (Fsp3) is 0.636. The van der Waals surface area contributed by atoms with Gasteiger partial charge in [0.25, 0.3) is 0 Å². The Hall–Kier alpha value is -1.32. The molecule has 1 heterocycles. The van der Waals surface area contributed by atoms with Crippen molar-refractivity contribution in [3.05, 3.63) is 12.3 Å². The van der Waals surface area contributed by atoms with Crippen molar-refractivity contribution < 1.29 is 14.3 Å². The van der Waals surface area contributed by atoms with E-state index in [0.29, 0.717) is 12.3 Å². The van der Waals surface area contributed by atoms with Crippen molar-refractivity contribution in [3.63, 3.8) is 0 Å². The van der Waals surface area contributed by atoms with Crippen LogP contribution in [0, 0.1) is 5.92 Å². The molecule has 0 aromatic carbocycles. The predicted octanol–water partition coefficient (Wildman–Crippen LogP) is 1.32. The molecule has 0 bridgehead atoms. The Labute approximate surface area is 89.9 Å². The quantitative estimate of drug-likeness (QED) is 0.647. The van der Waals surface area contributed by atoms with E-state index in [0.717, 1.165) is 6.42 Å². The summed E-state index contributed by atoms with van der Waals surface area (Å²) < 4.78 is 4.97. The summed E-state index contributed by atoms with van der Waals surface area (Å²) >= 11 is 0. The standard InChI is InChI=1S/C11H17NO3/c1-5-7(2)10-11(14)15-8(3)6-12(10)9(4)13/h7,10H,3,5-6H2,1-2,4H3. The molecule has 0 spiro atoms. The number of hydrogen-bond donors (Lipinski definition) is 0. The van der Waals surface area contributed by atoms with Crippen LogP contribution in [-0.2, 0) is 14.3 Å². The van der Waals surface area contributed by atoms with Gasteiger partial charge < -0.3 is 9.64 Å². The molecule has 1 rings (SSSR count). The Bertz CT molecular complexity index is 298. The van der Waals surface area contributed by atoms with Crippen LogP contribution >= 0.6 is 0 Å². The van der Waals surface area contributed by atoms with E-state index >= 15 is 0 Å². The number of carbonyl (C=O) groups excluding carboxylic acids is 2. The lowest BCUT2D eigenvalue weighted by atomic mass is 9.96. The van der Waals surface area contributed by atoms with Gasteiger partial charge in [0.15, 0.2) is 0 Å². The Morgan fingerprint density at radius 1 is 1.73 bits per heavy atom. The predicted molar refractivity (Wildman–Crippen MR) is 55.9 cm³/mol. The highest BCUT2D eigenvalue weighted by molar-refractivity contribution is 5.85. The topological polar surface area (TPSA) is 46.6 Å². The molecule has 4 heteroatoms. The van der Waals surface area contributed by atoms with E-state index in [1.807, 2.05) is 13.8 Å². The van der Waals surface area contributed by atoms with Gasteiger partial charge in [-0.2, -0.15) is 0 Å². The van der Waals surface area contributed by atoms with Crippen LogP contribution in [0.3, 0.4) is 0 Å². The average molecular weight is 211 g/mol. The molecule has 1 aliphatic rings. The average Bonchev–Trinajstić information content (AvgIpc) is 2.15. The van der Waals surface area contributed by atoms with E-state index < -0.39 is 6.04 Å². The summed E-state index contributed by atoms with van der Waals surface area (Å²) in [6, 6.07) is -0.460. The Kier molecular flexibility index (Phi) is 3.50. The van der Waals surface area contributed by atoms with Gasteiger partial charge in [0.1, 0.15) is 11.8 Å². The highest BCUT2D eigenvalue weighted by atomic mass is 16.5. The molecular formula is C11H17NO3. The smallest absolute Gasteiger partial charge is 0.334 e. The number of hydrogen-bond acceptors (Lipinski definition) is 3. The minimum absolute atomic E-state index is 0.106. The Morgan fingerprint density at radius 3 is 2.80 bits per heavy atom. The fourth-order valence-corrected chi connectivity index (χ4v) is 1.72. The largest absolute Gasteiger partial charge is 0.428 e. The van der Waals surface area contributed by atoms with Gasteiger partial charge in [-0.25, -0.2) is 4.79 Å². The van der Waals surface area contributed by atoms with Crippen LogP contribution in [0.4, 0.5) is 0 Å². The van der Waals surface area contributed by atoms with E-state index in [1.54, 1.807) is 0 Å². The Balaban J connectivity index is 2.92. The van der Waals surface area contributed by atoms with Crippen molar-refractivity contribution in [2.45, 2.75) is 33.2 Å². The van der Waals surface area contributed by atoms with Crippen molar-refractivity contribution in [2.75, 3.05) is 6.54 Å². The zero-order chi connectivity index (χ0) is 11.6. The van der Waals surface area contributed by atoms with Gasteiger partial charge in [-0.15, -0.1) is 0 Å². The first kappa shape index (κ1) is 11.8. The monoisotopic (exact) mass is 211 g/mol. The van der Waals surface area contributed by atoms with Gasteiger partial charge in [0, 0.05) is 6.92 Å². The maximum Gasteiger partial charge on any atom is 0.334 e. The summed E-state index contributed by atoms with van der Waals surface area (Å²) in [5, 5.41) is 0. The molecule has 2 atom stereocenters. The second-order valence-electron chi connectivity index (χ2n) is 3.94. The summed E-state index contributed by atoms with van der Waals surface area (Å²) in [6.45, 7) is 9.28. The lowest BCUT2D eigenvalue weighted by Gasteiger charge is -2.37. The zero-order valence-corrected chi connectivity index (χ0v) is 9.45. The molecular weight excluding hydrogens is 194 g/mol. The van der Waals surface area contributed by atoms with Crippen LogP contribution < -0.4 is 0 Å². The molecule has 15 heavy (non-hydrogen) atoms. The summed E-state index contributed by atoms with van der Waals surface area (Å²) in [7, 11) is 0. The van der Waals surface area contributed by atoms with Crippen molar-refractivity contribution in [2.24, 2.45) is 5.92 Å². The Morgan fingerprint density at radius 2 is 2.33 bits per heavy atom. The molecule has 0 radical (unpaired) electrons. The molecule has 0 aliphatic carbocycles. The normalized spacial score (nSPS) is 23.7. The van der Waals surface area contributed by atoms with Crippen LogP contribution in [0.25, 0.3) is 0 Å². The summed E-state index contributed by atoms with van der Waals surface area (Å²) in [5.74, 6) is -0.0295. The van der Waals surface area contributed by atoms with E-state index in [1.165, 1.54) is 11.8 Å². The molecule has 0 aromatic rings. The van der Waals surface area contributed by atoms with Crippen LogP contribution in [0.5, 0.6) is 0 Å². The van der Waals surface area contributed by atoms with E-state index in [9.17, 15) is 9.59 Å². The molecule has 4 nitrogen and oxygen atoms in total. The highest BCUT2D eigenvalue weighted by Gasteiger charge is 2.37. The van der Waals surface area contributed by atoms with Gasteiger partial charge in [-0.3, -0.25) is 4.79 Å². The van der Waals surface area contributed by atoms with Gasteiger partial charge in [-0.05, 0) is 5.92 Å². The van der Waals surface area contributed by atoms with E-state index in [-0.39, 0.29) is 17.8 Å². The number of ether oxygens (including phenoxy) is 1. The minimum Gasteiger partial charge on any atom is -0.428 e. The number of rotatable bonds is 2. The zero-order valence-electron chi connectivity index (χ0n) is 9.45. The van der Waals surface area contributed by atoms with Gasteiger partial charge in [0.05, 0.1) is 6.54 Å². The number of nitrogens with zero attached hydrogens (tertiary/aromatic N) is 1. The molecule has 0 saturated carbocycles. The number of esters is 1. The first-order chi connectivity index (χ1) is 6.97. The van der Waals surface area contributed by atoms with Crippen molar-refractivity contribution in [1.29, 1.82) is 0 Å². The van der Waals surface area contributed by atoms with E-state index in [2.05, 4.69) is 6.58 Å². The minimum atomic E-state index is -0.460. The lowest BCUT2D eigenvalue weighted by molar-refractivity contribution is -0.159. The molecule has 84 valence electrons. The molecule has 2 unspecified atom stereocenters. The van der Waals surface area contributed by atoms with Crippen LogP contribution in [0.1, 0.15) is 27.2 Å². The molecule has 1 amide bonds. The van der Waals surface area contributed by atoms with Crippen molar-refractivity contribution in [3.8, 4) is 0 Å². The van der Waals surface area contributed by atoms with Crippen LogP contribution in [0.2, 0.25) is 0 Å². The van der Waals surface area contributed by atoms with Crippen molar-refractivity contribution >= 4 is 11.9 Å². The van der Waals surface area contributed by atoms with Gasteiger partial charge in [-0.1, -0.05) is 26.8 Å². The number of carbonyl (C=O) groups is 2. The number of cyclic esters (lactones) is 1. The maximum atomic E-state index is 11.6. The lowest BCUT2D eigenvalue weighted by Crippen LogP contribution is -2.52. The van der Waals surface area contributed by atoms with Gasteiger partial charge in [0.2, 0.25) is 5.91 Å². The first-order valence-corrected chi connectivity index (χ1v) is 5.14. The maximum absolute atomic E-state index is 11.6. The molecule has 1 aliphatic heterocycles. The second kappa shape index (κ2) is 4.47. The SMILES string of the molecule is C=C1CN(C(C)=O)C(C(C)CC)C(=O)O1. The number of amides is 1. The first-order valence-electron chi connectivity index (χ1n) is 5.14. The van der Waals surface area contributed by atoms with Gasteiger partial charge >= 0.3 is 5.97 Å². The van der Waals surface area contributed by atoms with E-state index in [4.69, 9.17) is 4.74 Å². The highest BCUT2D eigenvalue weighted by Crippen LogP contribution is 2.22. The fourth-order valence-electron chi connectivity index (χ4n) is 1.72. The van der Waals surface area contributed by atoms with Crippen molar-refractivity contribution in [1.82, 2.24) is 4.90 Å². The summed E-state index contributed by atoms with van der Waals surface area (Å²) in [4.78, 5) is 24.6. The molecule has 1 saturated heterocycles. The summed E-state index contributed by atoms with van der Waals surface area (Å²) in [5.41, 5.74) is 0.